The zero-order valence-corrected chi connectivity index (χ0v) is 13.3. The number of amides is 1. The van der Waals surface area contributed by atoms with E-state index >= 15 is 0 Å². The minimum absolute atomic E-state index is 0.00640. The van der Waals surface area contributed by atoms with Gasteiger partial charge in [0, 0.05) is 14.1 Å². The number of hydrogen-bond donors (Lipinski definition) is 0. The SMILES string of the molecule is CC(C)N(CC#N)C(=O)c1cc(I)ccc1Br. The first-order valence-corrected chi connectivity index (χ1v) is 6.97. The van der Waals surface area contributed by atoms with Crippen molar-refractivity contribution in [1.29, 1.82) is 5.26 Å². The Morgan fingerprint density at radius 1 is 1.59 bits per heavy atom. The second kappa shape index (κ2) is 6.36. The highest BCUT2D eigenvalue weighted by atomic mass is 127. The van der Waals surface area contributed by atoms with Gasteiger partial charge in [0.2, 0.25) is 0 Å². The van der Waals surface area contributed by atoms with Gasteiger partial charge in [-0.3, -0.25) is 4.79 Å². The molecular formula is C12H12BrIN2O. The number of nitrogens with zero attached hydrogens (tertiary/aromatic N) is 2. The lowest BCUT2D eigenvalue weighted by Crippen LogP contribution is -2.37. The van der Waals surface area contributed by atoms with E-state index in [1.165, 1.54) is 0 Å². The normalized spacial score (nSPS) is 10.1. The number of benzene rings is 1. The van der Waals surface area contributed by atoms with Gasteiger partial charge in [-0.15, -0.1) is 0 Å². The molecule has 0 aliphatic carbocycles. The smallest absolute Gasteiger partial charge is 0.256 e. The van der Waals surface area contributed by atoms with Gasteiger partial charge in [-0.05, 0) is 70.6 Å². The van der Waals surface area contributed by atoms with Crippen molar-refractivity contribution in [3.8, 4) is 6.07 Å². The number of rotatable bonds is 3. The summed E-state index contributed by atoms with van der Waals surface area (Å²) < 4.78 is 1.75. The van der Waals surface area contributed by atoms with Gasteiger partial charge in [-0.1, -0.05) is 0 Å². The second-order valence-electron chi connectivity index (χ2n) is 3.81. The molecule has 0 N–H and O–H groups in total. The summed E-state index contributed by atoms with van der Waals surface area (Å²) >= 11 is 5.53. The Balaban J connectivity index is 3.10. The summed E-state index contributed by atoms with van der Waals surface area (Å²) in [5.41, 5.74) is 0.598. The summed E-state index contributed by atoms with van der Waals surface area (Å²) in [6, 6.07) is 7.62. The fourth-order valence-electron chi connectivity index (χ4n) is 1.38. The Bertz CT molecular complexity index is 468. The second-order valence-corrected chi connectivity index (χ2v) is 5.91. The van der Waals surface area contributed by atoms with Crippen molar-refractivity contribution < 1.29 is 4.79 Å². The molecule has 0 saturated heterocycles. The third-order valence-corrected chi connectivity index (χ3v) is 3.65. The van der Waals surface area contributed by atoms with Crippen LogP contribution in [0.25, 0.3) is 0 Å². The molecular weight excluding hydrogens is 395 g/mol. The molecule has 17 heavy (non-hydrogen) atoms. The van der Waals surface area contributed by atoms with E-state index in [0.29, 0.717) is 5.56 Å². The van der Waals surface area contributed by atoms with Gasteiger partial charge in [-0.25, -0.2) is 0 Å². The summed E-state index contributed by atoms with van der Waals surface area (Å²) in [5.74, 6) is -0.119. The summed E-state index contributed by atoms with van der Waals surface area (Å²) in [6.45, 7) is 3.91. The summed E-state index contributed by atoms with van der Waals surface area (Å²) in [4.78, 5) is 13.8. The number of hydrogen-bond acceptors (Lipinski definition) is 2. The Labute approximate surface area is 123 Å². The predicted molar refractivity (Wildman–Crippen MR) is 78.6 cm³/mol. The molecule has 0 spiro atoms. The van der Waals surface area contributed by atoms with Crippen LogP contribution in [0.15, 0.2) is 22.7 Å². The lowest BCUT2D eigenvalue weighted by atomic mass is 10.1. The van der Waals surface area contributed by atoms with Crippen LogP contribution in [0.5, 0.6) is 0 Å². The third kappa shape index (κ3) is 3.68. The van der Waals surface area contributed by atoms with E-state index in [2.05, 4.69) is 38.5 Å². The molecule has 0 saturated carbocycles. The molecule has 0 unspecified atom stereocenters. The highest BCUT2D eigenvalue weighted by molar-refractivity contribution is 14.1. The molecule has 90 valence electrons. The molecule has 1 aromatic carbocycles. The largest absolute Gasteiger partial charge is 0.323 e. The molecule has 1 aromatic rings. The van der Waals surface area contributed by atoms with Crippen LogP contribution in [0.4, 0.5) is 0 Å². The molecule has 0 aliphatic rings. The van der Waals surface area contributed by atoms with Crippen molar-refractivity contribution >= 4 is 44.4 Å². The van der Waals surface area contributed by atoms with E-state index in [1.807, 2.05) is 38.1 Å². The highest BCUT2D eigenvalue weighted by Crippen LogP contribution is 2.21. The van der Waals surface area contributed by atoms with Crippen LogP contribution >= 0.6 is 38.5 Å². The summed E-state index contributed by atoms with van der Waals surface area (Å²) in [7, 11) is 0. The lowest BCUT2D eigenvalue weighted by molar-refractivity contribution is 0.0730. The van der Waals surface area contributed by atoms with Gasteiger partial charge >= 0.3 is 0 Å². The van der Waals surface area contributed by atoms with Gasteiger partial charge in [-0.2, -0.15) is 5.26 Å². The van der Waals surface area contributed by atoms with E-state index in [1.54, 1.807) is 4.90 Å². The third-order valence-electron chi connectivity index (χ3n) is 2.28. The zero-order valence-electron chi connectivity index (χ0n) is 9.58. The van der Waals surface area contributed by atoms with E-state index in [4.69, 9.17) is 5.26 Å². The van der Waals surface area contributed by atoms with Crippen LogP contribution in [-0.4, -0.2) is 23.4 Å². The molecule has 0 heterocycles. The van der Waals surface area contributed by atoms with E-state index in [0.717, 1.165) is 8.04 Å². The van der Waals surface area contributed by atoms with Gasteiger partial charge < -0.3 is 4.90 Å². The highest BCUT2D eigenvalue weighted by Gasteiger charge is 2.20. The van der Waals surface area contributed by atoms with Crippen molar-refractivity contribution in [3.05, 3.63) is 31.8 Å². The van der Waals surface area contributed by atoms with Gasteiger partial charge in [0.1, 0.15) is 6.54 Å². The van der Waals surface area contributed by atoms with Gasteiger partial charge in [0.25, 0.3) is 5.91 Å². The number of carbonyl (C=O) groups excluding carboxylic acids is 1. The molecule has 1 rings (SSSR count). The first kappa shape index (κ1) is 14.5. The molecule has 0 aliphatic heterocycles. The number of nitriles is 1. The fraction of sp³-hybridized carbons (Fsp3) is 0.333. The van der Waals surface area contributed by atoms with E-state index in [9.17, 15) is 4.79 Å². The standard InChI is InChI=1S/C12H12BrIN2O/c1-8(2)16(6-5-15)12(17)10-7-9(14)3-4-11(10)13/h3-4,7-8H,6H2,1-2H3. The van der Waals surface area contributed by atoms with Crippen molar-refractivity contribution in [2.75, 3.05) is 6.54 Å². The molecule has 0 bridgehead atoms. The van der Waals surface area contributed by atoms with Crippen LogP contribution < -0.4 is 0 Å². The first-order chi connectivity index (χ1) is 7.97. The predicted octanol–water partition coefficient (Wildman–Crippen LogP) is 3.43. The molecule has 0 fully saturated rings. The summed E-state index contributed by atoms with van der Waals surface area (Å²) in [6.07, 6.45) is 0. The maximum atomic E-state index is 12.3. The van der Waals surface area contributed by atoms with Crippen LogP contribution in [-0.2, 0) is 0 Å². The number of halogens is 2. The minimum Gasteiger partial charge on any atom is -0.323 e. The molecule has 0 atom stereocenters. The Kier molecular flexibility index (Phi) is 5.40. The summed E-state index contributed by atoms with van der Waals surface area (Å²) in [5, 5.41) is 8.75. The Morgan fingerprint density at radius 2 is 2.24 bits per heavy atom. The maximum Gasteiger partial charge on any atom is 0.256 e. The van der Waals surface area contributed by atoms with Crippen LogP contribution in [0, 0.1) is 14.9 Å². The lowest BCUT2D eigenvalue weighted by Gasteiger charge is -2.24. The fourth-order valence-corrected chi connectivity index (χ4v) is 2.29. The van der Waals surface area contributed by atoms with Crippen LogP contribution in [0.2, 0.25) is 0 Å². The number of carbonyl (C=O) groups is 1. The van der Waals surface area contributed by atoms with Gasteiger partial charge in [0.15, 0.2) is 0 Å². The molecule has 3 nitrogen and oxygen atoms in total. The molecule has 5 heteroatoms. The zero-order chi connectivity index (χ0) is 13.0. The monoisotopic (exact) mass is 406 g/mol. The van der Waals surface area contributed by atoms with Crippen LogP contribution in [0.1, 0.15) is 24.2 Å². The van der Waals surface area contributed by atoms with Crippen molar-refractivity contribution in [2.24, 2.45) is 0 Å². The molecule has 1 amide bonds. The average Bonchev–Trinajstić information content (AvgIpc) is 2.28. The van der Waals surface area contributed by atoms with Crippen molar-refractivity contribution in [2.45, 2.75) is 19.9 Å². The Hall–Kier alpha value is -0.610. The molecule has 0 aromatic heterocycles. The van der Waals surface area contributed by atoms with E-state index < -0.39 is 0 Å². The van der Waals surface area contributed by atoms with Crippen molar-refractivity contribution in [1.82, 2.24) is 4.90 Å². The average molecular weight is 407 g/mol. The maximum absolute atomic E-state index is 12.3. The van der Waals surface area contributed by atoms with E-state index in [-0.39, 0.29) is 18.5 Å². The molecule has 0 radical (unpaired) electrons. The van der Waals surface area contributed by atoms with Gasteiger partial charge in [0.05, 0.1) is 11.6 Å². The first-order valence-electron chi connectivity index (χ1n) is 5.10. The van der Waals surface area contributed by atoms with Crippen molar-refractivity contribution in [3.63, 3.8) is 0 Å². The minimum atomic E-state index is -0.119. The Morgan fingerprint density at radius 3 is 2.76 bits per heavy atom. The quantitative estimate of drug-likeness (QED) is 0.570. The topological polar surface area (TPSA) is 44.1 Å². The van der Waals surface area contributed by atoms with Crippen LogP contribution in [0.3, 0.4) is 0 Å².